The Balaban J connectivity index is 1.78. The van der Waals surface area contributed by atoms with Crippen molar-refractivity contribution in [2.75, 3.05) is 26.3 Å². The molecule has 0 saturated carbocycles. The third-order valence-corrected chi connectivity index (χ3v) is 3.77. The van der Waals surface area contributed by atoms with Crippen LogP contribution in [0.25, 0.3) is 0 Å². The van der Waals surface area contributed by atoms with Gasteiger partial charge in [-0.1, -0.05) is 13.8 Å². The van der Waals surface area contributed by atoms with Crippen LogP contribution < -0.4 is 16.4 Å². The van der Waals surface area contributed by atoms with E-state index in [1.807, 2.05) is 13.8 Å². The Labute approximate surface area is 114 Å². The van der Waals surface area contributed by atoms with E-state index in [0.717, 1.165) is 25.9 Å². The lowest BCUT2D eigenvalue weighted by Gasteiger charge is -2.42. The Morgan fingerprint density at radius 1 is 1.42 bits per heavy atom. The van der Waals surface area contributed by atoms with Gasteiger partial charge in [0.1, 0.15) is 0 Å². The second-order valence-electron chi connectivity index (χ2n) is 5.79. The first-order valence-corrected chi connectivity index (χ1v) is 7.07. The summed E-state index contributed by atoms with van der Waals surface area (Å²) < 4.78 is 11.6. The van der Waals surface area contributed by atoms with E-state index in [4.69, 9.17) is 15.2 Å². The summed E-state index contributed by atoms with van der Waals surface area (Å²) in [5.74, 6) is -0.496. The van der Waals surface area contributed by atoms with Crippen LogP contribution in [0.15, 0.2) is 0 Å². The van der Waals surface area contributed by atoms with Gasteiger partial charge in [0.25, 0.3) is 0 Å². The van der Waals surface area contributed by atoms with Gasteiger partial charge in [-0.2, -0.15) is 0 Å². The quantitative estimate of drug-likeness (QED) is 0.649. The largest absolute Gasteiger partial charge is 0.347 e. The molecular weight excluding hydrogens is 246 g/mol. The summed E-state index contributed by atoms with van der Waals surface area (Å²) in [5.41, 5.74) is 5.81. The van der Waals surface area contributed by atoms with Crippen LogP contribution >= 0.6 is 0 Å². The van der Waals surface area contributed by atoms with Gasteiger partial charge >= 0.3 is 0 Å². The number of rotatable bonds is 3. The number of piperidine rings is 1. The van der Waals surface area contributed by atoms with E-state index >= 15 is 0 Å². The molecule has 2 rings (SSSR count). The summed E-state index contributed by atoms with van der Waals surface area (Å²) in [7, 11) is 0. The zero-order chi connectivity index (χ0) is 13.9. The van der Waals surface area contributed by atoms with Crippen LogP contribution in [-0.2, 0) is 14.3 Å². The van der Waals surface area contributed by atoms with Crippen LogP contribution in [0.2, 0.25) is 0 Å². The van der Waals surface area contributed by atoms with E-state index in [9.17, 15) is 4.79 Å². The predicted octanol–water partition coefficient (Wildman–Crippen LogP) is -0.419. The molecule has 0 aliphatic carbocycles. The van der Waals surface area contributed by atoms with Crippen LogP contribution in [0.5, 0.6) is 0 Å². The average Bonchev–Trinajstić information content (AvgIpc) is 2.41. The van der Waals surface area contributed by atoms with Gasteiger partial charge in [0.15, 0.2) is 5.79 Å². The Morgan fingerprint density at radius 3 is 2.63 bits per heavy atom. The van der Waals surface area contributed by atoms with Crippen molar-refractivity contribution < 1.29 is 14.3 Å². The van der Waals surface area contributed by atoms with Gasteiger partial charge in [0.2, 0.25) is 5.91 Å². The van der Waals surface area contributed by atoms with Crippen molar-refractivity contribution in [3.63, 3.8) is 0 Å². The third-order valence-electron chi connectivity index (χ3n) is 3.77. The van der Waals surface area contributed by atoms with Crippen molar-refractivity contribution in [3.05, 3.63) is 0 Å². The maximum absolute atomic E-state index is 11.9. The van der Waals surface area contributed by atoms with Crippen molar-refractivity contribution >= 4 is 5.91 Å². The molecule has 0 aromatic rings. The highest BCUT2D eigenvalue weighted by Crippen LogP contribution is 2.26. The lowest BCUT2D eigenvalue weighted by atomic mass is 10.0. The molecule has 2 saturated heterocycles. The van der Waals surface area contributed by atoms with Crippen LogP contribution in [-0.4, -0.2) is 50.1 Å². The first-order chi connectivity index (χ1) is 9.02. The third kappa shape index (κ3) is 3.66. The lowest BCUT2D eigenvalue weighted by Crippen LogP contribution is -2.59. The summed E-state index contributed by atoms with van der Waals surface area (Å²) in [6.07, 6.45) is 1.96. The van der Waals surface area contributed by atoms with Crippen molar-refractivity contribution in [1.82, 2.24) is 10.6 Å². The molecule has 2 aliphatic rings. The first kappa shape index (κ1) is 14.7. The topological polar surface area (TPSA) is 85.6 Å². The second-order valence-corrected chi connectivity index (χ2v) is 5.79. The van der Waals surface area contributed by atoms with Crippen molar-refractivity contribution in [2.24, 2.45) is 11.7 Å². The van der Waals surface area contributed by atoms with Crippen LogP contribution in [0.4, 0.5) is 0 Å². The molecule has 6 heteroatoms. The van der Waals surface area contributed by atoms with Gasteiger partial charge < -0.3 is 25.8 Å². The van der Waals surface area contributed by atoms with Gasteiger partial charge in [-0.3, -0.25) is 4.79 Å². The molecule has 6 nitrogen and oxygen atoms in total. The average molecular weight is 271 g/mol. The van der Waals surface area contributed by atoms with E-state index in [-0.39, 0.29) is 17.9 Å². The van der Waals surface area contributed by atoms with Crippen molar-refractivity contribution in [2.45, 2.75) is 44.6 Å². The normalized spacial score (nSPS) is 33.4. The summed E-state index contributed by atoms with van der Waals surface area (Å²) in [6, 6.07) is -0.586. The van der Waals surface area contributed by atoms with Crippen LogP contribution in [0, 0.1) is 5.92 Å². The summed E-state index contributed by atoms with van der Waals surface area (Å²) >= 11 is 0. The molecule has 1 spiro atoms. The molecule has 2 fully saturated rings. The number of carbonyl (C=O) groups is 1. The molecule has 0 aromatic heterocycles. The molecule has 4 N–H and O–H groups in total. The highest BCUT2D eigenvalue weighted by Gasteiger charge is 2.39. The highest BCUT2D eigenvalue weighted by molar-refractivity contribution is 5.82. The van der Waals surface area contributed by atoms with E-state index in [1.54, 1.807) is 0 Å². The molecule has 1 unspecified atom stereocenters. The zero-order valence-corrected chi connectivity index (χ0v) is 11.8. The first-order valence-electron chi connectivity index (χ1n) is 7.07. The maximum Gasteiger partial charge on any atom is 0.237 e. The number of amides is 1. The molecule has 19 heavy (non-hydrogen) atoms. The van der Waals surface area contributed by atoms with E-state index in [2.05, 4.69) is 10.6 Å². The van der Waals surface area contributed by atoms with Gasteiger partial charge in [0, 0.05) is 13.0 Å². The van der Waals surface area contributed by atoms with Crippen molar-refractivity contribution in [3.8, 4) is 0 Å². The Bertz CT molecular complexity index is 306. The zero-order valence-electron chi connectivity index (χ0n) is 11.8. The number of hydrogen-bond donors (Lipinski definition) is 3. The molecule has 1 amide bonds. The second kappa shape index (κ2) is 6.17. The van der Waals surface area contributed by atoms with Crippen molar-refractivity contribution in [1.29, 1.82) is 0 Å². The summed E-state index contributed by atoms with van der Waals surface area (Å²) in [4.78, 5) is 11.9. The Kier molecular flexibility index (Phi) is 4.78. The molecule has 2 aliphatic heterocycles. The minimum atomic E-state index is -0.486. The monoisotopic (exact) mass is 271 g/mol. The highest BCUT2D eigenvalue weighted by atomic mass is 16.7. The SMILES string of the molecule is CC(C)C(N)C(=O)NC1COC2(CCCNC2)OC1. The van der Waals surface area contributed by atoms with E-state index in [1.165, 1.54) is 0 Å². The smallest absolute Gasteiger partial charge is 0.237 e. The van der Waals surface area contributed by atoms with Gasteiger partial charge in [-0.05, 0) is 18.9 Å². The number of hydrogen-bond acceptors (Lipinski definition) is 5. The number of carbonyl (C=O) groups excluding carboxylic acids is 1. The molecule has 0 radical (unpaired) electrons. The standard InChI is InChI=1S/C13H25N3O3/c1-9(2)11(14)12(17)16-10-6-18-13(19-7-10)4-3-5-15-8-13/h9-11,15H,3-8,14H2,1-2H3,(H,16,17). The summed E-state index contributed by atoms with van der Waals surface area (Å²) in [6.45, 7) is 6.56. The number of nitrogens with one attached hydrogen (secondary N) is 2. The van der Waals surface area contributed by atoms with Gasteiger partial charge in [-0.15, -0.1) is 0 Å². The van der Waals surface area contributed by atoms with Gasteiger partial charge in [-0.25, -0.2) is 0 Å². The van der Waals surface area contributed by atoms with E-state index in [0.29, 0.717) is 13.2 Å². The molecular formula is C13H25N3O3. The minimum Gasteiger partial charge on any atom is -0.347 e. The van der Waals surface area contributed by atoms with Crippen LogP contribution in [0.1, 0.15) is 26.7 Å². The molecule has 110 valence electrons. The Hall–Kier alpha value is -0.690. The fourth-order valence-corrected chi connectivity index (χ4v) is 2.37. The minimum absolute atomic E-state index is 0.107. The van der Waals surface area contributed by atoms with Gasteiger partial charge in [0.05, 0.1) is 25.3 Å². The fourth-order valence-electron chi connectivity index (χ4n) is 2.37. The predicted molar refractivity (Wildman–Crippen MR) is 71.5 cm³/mol. The maximum atomic E-state index is 11.9. The molecule has 2 heterocycles. The lowest BCUT2D eigenvalue weighted by molar-refractivity contribution is -0.279. The number of nitrogens with two attached hydrogens (primary N) is 1. The molecule has 0 aromatic carbocycles. The molecule has 0 bridgehead atoms. The Morgan fingerprint density at radius 2 is 2.11 bits per heavy atom. The van der Waals surface area contributed by atoms with Crippen LogP contribution in [0.3, 0.4) is 0 Å². The fraction of sp³-hybridized carbons (Fsp3) is 0.923. The number of ether oxygens (including phenoxy) is 2. The van der Waals surface area contributed by atoms with E-state index < -0.39 is 11.8 Å². The summed E-state index contributed by atoms with van der Waals surface area (Å²) in [5, 5.41) is 6.16. The molecule has 1 atom stereocenters.